The number of likely N-dealkylation sites (tertiary alicyclic amines) is 1. The maximum atomic E-state index is 11.0. The van der Waals surface area contributed by atoms with Crippen molar-refractivity contribution < 1.29 is 14.3 Å². The highest BCUT2D eigenvalue weighted by atomic mass is 16.4. The lowest BCUT2D eigenvalue weighted by molar-refractivity contribution is 0.0571. The summed E-state index contributed by atoms with van der Waals surface area (Å²) in [5.74, 6) is -0.224. The first kappa shape index (κ1) is 16.4. The molecular formula is C21H25NO3. The quantitative estimate of drug-likeness (QED) is 0.905. The topological polar surface area (TPSA) is 53.7 Å². The molecule has 4 nitrogen and oxygen atoms in total. The van der Waals surface area contributed by atoms with E-state index in [-0.39, 0.29) is 11.8 Å². The Morgan fingerprint density at radius 2 is 1.84 bits per heavy atom. The van der Waals surface area contributed by atoms with Gasteiger partial charge in [0.1, 0.15) is 5.76 Å². The van der Waals surface area contributed by atoms with Crippen LogP contribution in [0.4, 0.5) is 0 Å². The summed E-state index contributed by atoms with van der Waals surface area (Å²) in [5, 5.41) is 9.03. The van der Waals surface area contributed by atoms with Crippen LogP contribution in [0.5, 0.6) is 0 Å². The number of nitrogens with zero attached hydrogens (tertiary/aromatic N) is 1. The van der Waals surface area contributed by atoms with E-state index in [9.17, 15) is 4.79 Å². The summed E-state index contributed by atoms with van der Waals surface area (Å²) < 4.78 is 5.50. The van der Waals surface area contributed by atoms with Gasteiger partial charge in [-0.1, -0.05) is 24.3 Å². The smallest absolute Gasteiger partial charge is 0.371 e. The van der Waals surface area contributed by atoms with Gasteiger partial charge in [0.25, 0.3) is 0 Å². The van der Waals surface area contributed by atoms with Gasteiger partial charge in [-0.3, -0.25) is 4.90 Å². The molecule has 1 atom stereocenters. The second-order valence-corrected chi connectivity index (χ2v) is 7.66. The largest absolute Gasteiger partial charge is 0.475 e. The highest BCUT2D eigenvalue weighted by molar-refractivity contribution is 5.84. The fraction of sp³-hybridized carbons (Fsp3) is 0.476. The number of benzene rings is 1. The number of piperidine rings is 1. The minimum atomic E-state index is -1.00. The highest BCUT2D eigenvalue weighted by Crippen LogP contribution is 2.44. The van der Waals surface area contributed by atoms with Crippen LogP contribution in [-0.2, 0) is 12.8 Å². The Labute approximate surface area is 148 Å². The highest BCUT2D eigenvalue weighted by Gasteiger charge is 2.38. The lowest BCUT2D eigenvalue weighted by atomic mass is 9.66. The Hall–Kier alpha value is -2.07. The molecule has 1 saturated heterocycles. The van der Waals surface area contributed by atoms with Crippen molar-refractivity contribution in [2.24, 2.45) is 5.41 Å². The second kappa shape index (κ2) is 6.34. The van der Waals surface area contributed by atoms with Crippen LogP contribution < -0.4 is 0 Å². The molecule has 1 fully saturated rings. The minimum Gasteiger partial charge on any atom is -0.475 e. The third-order valence-electron chi connectivity index (χ3n) is 6.26. The van der Waals surface area contributed by atoms with Gasteiger partial charge in [0.2, 0.25) is 5.76 Å². The number of carbonyl (C=O) groups is 1. The van der Waals surface area contributed by atoms with Gasteiger partial charge in [0.05, 0.1) is 6.04 Å². The van der Waals surface area contributed by atoms with Crippen LogP contribution in [0.3, 0.4) is 0 Å². The van der Waals surface area contributed by atoms with Gasteiger partial charge in [0.15, 0.2) is 0 Å². The predicted molar refractivity (Wildman–Crippen MR) is 95.8 cm³/mol. The van der Waals surface area contributed by atoms with Gasteiger partial charge in [-0.25, -0.2) is 4.79 Å². The van der Waals surface area contributed by atoms with E-state index in [2.05, 4.69) is 36.1 Å². The summed E-state index contributed by atoms with van der Waals surface area (Å²) in [6.07, 6.45) is 6.10. The molecule has 0 radical (unpaired) electrons. The number of carboxylic acids is 1. The van der Waals surface area contributed by atoms with E-state index < -0.39 is 5.97 Å². The number of carboxylic acid groups (broad SMARTS) is 1. The first-order valence-electron chi connectivity index (χ1n) is 9.20. The molecule has 1 aliphatic carbocycles. The zero-order chi connectivity index (χ0) is 17.4. The van der Waals surface area contributed by atoms with E-state index in [4.69, 9.17) is 9.52 Å². The van der Waals surface area contributed by atoms with Crippen molar-refractivity contribution in [1.29, 1.82) is 0 Å². The molecule has 4 rings (SSSR count). The number of hydrogen-bond acceptors (Lipinski definition) is 3. The Kier molecular flexibility index (Phi) is 4.16. The van der Waals surface area contributed by atoms with Gasteiger partial charge < -0.3 is 9.52 Å². The normalized spacial score (nSPS) is 21.0. The molecule has 1 aromatic carbocycles. The van der Waals surface area contributed by atoms with Gasteiger partial charge >= 0.3 is 5.97 Å². The number of rotatable bonds is 3. The maximum Gasteiger partial charge on any atom is 0.371 e. The zero-order valence-electron chi connectivity index (χ0n) is 14.7. The number of aromatic carboxylic acids is 1. The van der Waals surface area contributed by atoms with Crippen LogP contribution in [0.15, 0.2) is 40.8 Å². The maximum absolute atomic E-state index is 11.0. The fourth-order valence-corrected chi connectivity index (χ4v) is 4.55. The minimum absolute atomic E-state index is 0.0271. The average Bonchev–Trinajstić information content (AvgIpc) is 3.12. The van der Waals surface area contributed by atoms with Crippen molar-refractivity contribution >= 4 is 5.97 Å². The molecule has 1 N–H and O–H groups in total. The van der Waals surface area contributed by atoms with Crippen LogP contribution in [0.2, 0.25) is 0 Å². The summed E-state index contributed by atoms with van der Waals surface area (Å²) in [6, 6.07) is 12.4. The summed E-state index contributed by atoms with van der Waals surface area (Å²) in [4.78, 5) is 13.4. The first-order chi connectivity index (χ1) is 12.1. The molecule has 1 aromatic heterocycles. The molecule has 0 amide bonds. The molecule has 25 heavy (non-hydrogen) atoms. The van der Waals surface area contributed by atoms with E-state index in [0.717, 1.165) is 18.8 Å². The number of hydrogen-bond donors (Lipinski definition) is 1. The first-order valence-corrected chi connectivity index (χ1v) is 9.20. The van der Waals surface area contributed by atoms with Gasteiger partial charge in [0, 0.05) is 0 Å². The molecule has 1 unspecified atom stereocenters. The van der Waals surface area contributed by atoms with Gasteiger partial charge in [-0.05, 0) is 80.8 Å². The molecule has 0 saturated carbocycles. The second-order valence-electron chi connectivity index (χ2n) is 7.66. The van der Waals surface area contributed by atoms with Gasteiger partial charge in [-0.15, -0.1) is 0 Å². The SMILES string of the molecule is CC(c1ccc(C(=O)O)o1)N1CCC2(CCc3ccccc3C2)CC1. The molecule has 2 aromatic rings. The predicted octanol–water partition coefficient (Wildman–Crippen LogP) is 4.31. The number of aryl methyl sites for hydroxylation is 1. The molecule has 4 heteroatoms. The monoisotopic (exact) mass is 339 g/mol. The molecule has 2 heterocycles. The number of fused-ring (bicyclic) bond motifs is 1. The Morgan fingerprint density at radius 1 is 1.12 bits per heavy atom. The average molecular weight is 339 g/mol. The lowest BCUT2D eigenvalue weighted by Crippen LogP contribution is -2.43. The molecule has 132 valence electrons. The fourth-order valence-electron chi connectivity index (χ4n) is 4.55. The molecule has 0 bridgehead atoms. The van der Waals surface area contributed by atoms with Crippen molar-refractivity contribution in [3.63, 3.8) is 0 Å². The van der Waals surface area contributed by atoms with Crippen molar-refractivity contribution in [1.82, 2.24) is 4.90 Å². The number of furan rings is 1. The van der Waals surface area contributed by atoms with Crippen molar-refractivity contribution in [3.05, 3.63) is 59.0 Å². The third kappa shape index (κ3) is 3.11. The Bertz CT molecular complexity index is 771. The van der Waals surface area contributed by atoms with Crippen LogP contribution in [0.25, 0.3) is 0 Å². The van der Waals surface area contributed by atoms with E-state index in [1.54, 1.807) is 12.1 Å². The summed E-state index contributed by atoms with van der Waals surface area (Å²) in [6.45, 7) is 4.21. The van der Waals surface area contributed by atoms with Crippen molar-refractivity contribution in [2.75, 3.05) is 13.1 Å². The van der Waals surface area contributed by atoms with Crippen LogP contribution in [0.1, 0.15) is 59.7 Å². The Morgan fingerprint density at radius 3 is 2.52 bits per heavy atom. The summed E-state index contributed by atoms with van der Waals surface area (Å²) >= 11 is 0. The zero-order valence-corrected chi connectivity index (χ0v) is 14.7. The van der Waals surface area contributed by atoms with Crippen LogP contribution >= 0.6 is 0 Å². The van der Waals surface area contributed by atoms with Gasteiger partial charge in [-0.2, -0.15) is 0 Å². The van der Waals surface area contributed by atoms with E-state index in [1.807, 2.05) is 0 Å². The van der Waals surface area contributed by atoms with E-state index in [1.165, 1.54) is 43.2 Å². The molecule has 1 aliphatic heterocycles. The molecule has 2 aliphatic rings. The molecule has 1 spiro atoms. The third-order valence-corrected chi connectivity index (χ3v) is 6.26. The van der Waals surface area contributed by atoms with Crippen LogP contribution in [0, 0.1) is 5.41 Å². The van der Waals surface area contributed by atoms with E-state index >= 15 is 0 Å². The van der Waals surface area contributed by atoms with E-state index in [0.29, 0.717) is 5.41 Å². The molecular weight excluding hydrogens is 314 g/mol. The Balaban J connectivity index is 1.42. The van der Waals surface area contributed by atoms with Crippen molar-refractivity contribution in [2.45, 2.75) is 45.1 Å². The standard InChI is InChI=1S/C21H25NO3/c1-15(18-6-7-19(25-18)20(23)24)22-12-10-21(11-13-22)9-8-16-4-2-3-5-17(16)14-21/h2-7,15H,8-14H2,1H3,(H,23,24). The van der Waals surface area contributed by atoms with Crippen molar-refractivity contribution in [3.8, 4) is 0 Å². The van der Waals surface area contributed by atoms with Crippen LogP contribution in [-0.4, -0.2) is 29.1 Å². The summed E-state index contributed by atoms with van der Waals surface area (Å²) in [5.41, 5.74) is 3.51. The lowest BCUT2D eigenvalue weighted by Gasteiger charge is -2.46. The summed E-state index contributed by atoms with van der Waals surface area (Å²) in [7, 11) is 0.